The maximum absolute atomic E-state index is 9.08. The first-order valence-corrected chi connectivity index (χ1v) is 6.87. The topological polar surface area (TPSA) is 71.0 Å². The number of ether oxygens (including phenoxy) is 2. The van der Waals surface area contributed by atoms with E-state index in [2.05, 4.69) is 5.32 Å². The molecule has 2 aromatic carbocycles. The normalized spacial score (nSPS) is 14.5. The van der Waals surface area contributed by atoms with E-state index in [1.54, 1.807) is 24.3 Å². The van der Waals surface area contributed by atoms with Gasteiger partial charge in [-0.2, -0.15) is 0 Å². The summed E-state index contributed by atoms with van der Waals surface area (Å²) in [6.07, 6.45) is 0.968. The van der Waals surface area contributed by atoms with E-state index in [1.807, 2.05) is 12.1 Å². The summed E-state index contributed by atoms with van der Waals surface area (Å²) < 4.78 is 10.5. The van der Waals surface area contributed by atoms with E-state index in [1.165, 1.54) is 5.56 Å². The molecule has 2 aliphatic rings. The van der Waals surface area contributed by atoms with Crippen molar-refractivity contribution >= 4 is 5.69 Å². The Balaban J connectivity index is 0.000000126. The second-order valence-electron chi connectivity index (χ2n) is 4.85. The zero-order chi connectivity index (χ0) is 14.7. The minimum absolute atomic E-state index is 0.243. The van der Waals surface area contributed by atoms with Crippen LogP contribution in [0.2, 0.25) is 0 Å². The maximum atomic E-state index is 9.08. The Hall–Kier alpha value is -2.56. The quantitative estimate of drug-likeness (QED) is 0.649. The van der Waals surface area contributed by atoms with Crippen LogP contribution in [0.4, 0.5) is 5.69 Å². The number of hydrogen-bond acceptors (Lipinski definition) is 5. The molecule has 0 saturated heterocycles. The third kappa shape index (κ3) is 3.13. The van der Waals surface area contributed by atoms with Gasteiger partial charge in [0.25, 0.3) is 0 Å². The van der Waals surface area contributed by atoms with Gasteiger partial charge in [-0.3, -0.25) is 0 Å². The molecule has 0 radical (unpaired) electrons. The van der Waals surface area contributed by atoms with Gasteiger partial charge >= 0.3 is 0 Å². The van der Waals surface area contributed by atoms with Crippen LogP contribution in [0.1, 0.15) is 5.56 Å². The molecule has 21 heavy (non-hydrogen) atoms. The highest BCUT2D eigenvalue weighted by atomic mass is 16.5. The van der Waals surface area contributed by atoms with Gasteiger partial charge in [-0.25, -0.2) is 0 Å². The van der Waals surface area contributed by atoms with Crippen molar-refractivity contribution in [2.75, 3.05) is 25.1 Å². The number of benzene rings is 2. The molecule has 0 aliphatic carbocycles. The summed E-state index contributed by atoms with van der Waals surface area (Å²) >= 11 is 0. The van der Waals surface area contributed by atoms with E-state index < -0.39 is 0 Å². The molecule has 2 aliphatic heterocycles. The van der Waals surface area contributed by atoms with Crippen molar-refractivity contribution in [1.29, 1.82) is 0 Å². The number of phenols is 2. The molecule has 2 heterocycles. The van der Waals surface area contributed by atoms with Crippen LogP contribution in [0, 0.1) is 0 Å². The van der Waals surface area contributed by atoms with Crippen molar-refractivity contribution in [3.63, 3.8) is 0 Å². The van der Waals surface area contributed by atoms with Crippen LogP contribution in [-0.4, -0.2) is 30.0 Å². The van der Waals surface area contributed by atoms with Crippen LogP contribution in [0.3, 0.4) is 0 Å². The Morgan fingerprint density at radius 1 is 0.857 bits per heavy atom. The van der Waals surface area contributed by atoms with Crippen LogP contribution in [0.5, 0.6) is 23.0 Å². The molecule has 110 valence electrons. The summed E-state index contributed by atoms with van der Waals surface area (Å²) in [5, 5.41) is 21.3. The Morgan fingerprint density at radius 2 is 1.57 bits per heavy atom. The molecular weight excluding hydrogens is 270 g/mol. The fourth-order valence-electron chi connectivity index (χ4n) is 2.28. The van der Waals surface area contributed by atoms with Crippen LogP contribution in [-0.2, 0) is 6.42 Å². The molecule has 0 bridgehead atoms. The summed E-state index contributed by atoms with van der Waals surface area (Å²) in [5.74, 6) is 2.09. The van der Waals surface area contributed by atoms with E-state index in [4.69, 9.17) is 19.7 Å². The number of rotatable bonds is 0. The van der Waals surface area contributed by atoms with Crippen molar-refractivity contribution in [2.45, 2.75) is 6.42 Å². The smallest absolute Gasteiger partial charge is 0.146 e. The lowest BCUT2D eigenvalue weighted by atomic mass is 10.2. The second-order valence-corrected chi connectivity index (χ2v) is 4.85. The predicted molar refractivity (Wildman–Crippen MR) is 79.4 cm³/mol. The van der Waals surface area contributed by atoms with Gasteiger partial charge in [0.15, 0.2) is 0 Å². The molecule has 5 heteroatoms. The first-order chi connectivity index (χ1) is 10.2. The lowest BCUT2D eigenvalue weighted by Crippen LogP contribution is -2.17. The molecular formula is C16H17NO4. The third-order valence-corrected chi connectivity index (χ3v) is 3.32. The molecule has 0 amide bonds. The van der Waals surface area contributed by atoms with Gasteiger partial charge in [-0.1, -0.05) is 6.07 Å². The molecule has 0 atom stereocenters. The van der Waals surface area contributed by atoms with E-state index in [0.717, 1.165) is 36.8 Å². The fourth-order valence-corrected chi connectivity index (χ4v) is 2.28. The molecule has 0 unspecified atom stereocenters. The highest BCUT2D eigenvalue weighted by Gasteiger charge is 2.11. The van der Waals surface area contributed by atoms with Crippen LogP contribution in [0.25, 0.3) is 0 Å². The van der Waals surface area contributed by atoms with Gasteiger partial charge in [-0.15, -0.1) is 0 Å². The number of phenolic OH excluding ortho intramolecular Hbond substituents is 2. The minimum atomic E-state index is 0.243. The Labute approximate surface area is 122 Å². The molecule has 4 rings (SSSR count). The summed E-state index contributed by atoms with van der Waals surface area (Å²) in [5.41, 5.74) is 2.15. The van der Waals surface area contributed by atoms with Crippen molar-refractivity contribution < 1.29 is 19.7 Å². The van der Waals surface area contributed by atoms with Gasteiger partial charge in [-0.05, 0) is 23.8 Å². The first-order valence-electron chi connectivity index (χ1n) is 6.87. The monoisotopic (exact) mass is 287 g/mol. The zero-order valence-corrected chi connectivity index (χ0v) is 11.5. The van der Waals surface area contributed by atoms with Crippen molar-refractivity contribution in [3.8, 4) is 23.0 Å². The summed E-state index contributed by atoms with van der Waals surface area (Å²) in [6, 6.07) is 10.3. The molecule has 5 nitrogen and oxygen atoms in total. The number of aromatic hydroxyl groups is 2. The van der Waals surface area contributed by atoms with Gasteiger partial charge in [0.05, 0.1) is 12.3 Å². The predicted octanol–water partition coefficient (Wildman–Crippen LogP) is 2.52. The summed E-state index contributed by atoms with van der Waals surface area (Å²) in [7, 11) is 0. The Morgan fingerprint density at radius 3 is 2.43 bits per heavy atom. The second kappa shape index (κ2) is 5.83. The van der Waals surface area contributed by atoms with Crippen LogP contribution >= 0.6 is 0 Å². The number of nitrogens with one attached hydrogen (secondary N) is 1. The van der Waals surface area contributed by atoms with Crippen LogP contribution in [0.15, 0.2) is 36.4 Å². The van der Waals surface area contributed by atoms with Gasteiger partial charge < -0.3 is 25.0 Å². The van der Waals surface area contributed by atoms with Crippen molar-refractivity contribution in [3.05, 3.63) is 42.0 Å². The summed E-state index contributed by atoms with van der Waals surface area (Å²) in [4.78, 5) is 0. The highest BCUT2D eigenvalue weighted by molar-refractivity contribution is 5.59. The van der Waals surface area contributed by atoms with E-state index in [-0.39, 0.29) is 11.5 Å². The van der Waals surface area contributed by atoms with E-state index in [9.17, 15) is 0 Å². The maximum Gasteiger partial charge on any atom is 0.146 e. The van der Waals surface area contributed by atoms with Gasteiger partial charge in [0.1, 0.15) is 29.6 Å². The largest absolute Gasteiger partial charge is 0.508 e. The summed E-state index contributed by atoms with van der Waals surface area (Å²) in [6.45, 7) is 2.24. The highest BCUT2D eigenvalue weighted by Crippen LogP contribution is 2.30. The first kappa shape index (κ1) is 13.4. The standard InChI is InChI=1S/C8H9NO2.C8H8O2/c10-6-1-2-7-8(5-6)11-4-3-9-7;9-7-2-1-6-3-4-10-8(6)5-7/h1-2,5,9-10H,3-4H2;1-2,5,9H,3-4H2. The van der Waals surface area contributed by atoms with Gasteiger partial charge in [0.2, 0.25) is 0 Å². The average Bonchev–Trinajstić information content (AvgIpc) is 2.95. The average molecular weight is 287 g/mol. The van der Waals surface area contributed by atoms with E-state index in [0.29, 0.717) is 6.61 Å². The third-order valence-electron chi connectivity index (χ3n) is 3.32. The number of fused-ring (bicyclic) bond motifs is 2. The molecule has 0 fully saturated rings. The van der Waals surface area contributed by atoms with E-state index >= 15 is 0 Å². The minimum Gasteiger partial charge on any atom is -0.508 e. The van der Waals surface area contributed by atoms with Crippen molar-refractivity contribution in [1.82, 2.24) is 0 Å². The molecule has 3 N–H and O–H groups in total. The SMILES string of the molecule is Oc1ccc2c(c1)OCC2.Oc1ccc2c(c1)OCCN2. The Kier molecular flexibility index (Phi) is 3.73. The zero-order valence-electron chi connectivity index (χ0n) is 11.5. The molecule has 0 spiro atoms. The lowest BCUT2D eigenvalue weighted by Gasteiger charge is -2.18. The number of anilines is 1. The lowest BCUT2D eigenvalue weighted by molar-refractivity contribution is 0.321. The molecule has 0 saturated carbocycles. The number of hydrogen-bond donors (Lipinski definition) is 3. The fraction of sp³-hybridized carbons (Fsp3) is 0.250. The Bertz CT molecular complexity index is 642. The van der Waals surface area contributed by atoms with Gasteiger partial charge in [0, 0.05) is 25.1 Å². The molecule has 0 aromatic heterocycles. The molecule has 2 aromatic rings. The van der Waals surface area contributed by atoms with Crippen molar-refractivity contribution in [2.24, 2.45) is 0 Å². The van der Waals surface area contributed by atoms with Crippen LogP contribution < -0.4 is 14.8 Å².